The maximum atomic E-state index is 13.9. The monoisotopic (exact) mass is 504 g/mol. The van der Waals surface area contributed by atoms with Gasteiger partial charge in [-0.15, -0.1) is 0 Å². The highest BCUT2D eigenvalue weighted by molar-refractivity contribution is 6.42. The fourth-order valence-electron chi connectivity index (χ4n) is 3.64. The molecule has 0 atom stereocenters. The van der Waals surface area contributed by atoms with Crippen LogP contribution in [0.15, 0.2) is 24.4 Å². The number of hydrogen-bond donors (Lipinski definition) is 2. The Labute approximate surface area is 200 Å². The van der Waals surface area contributed by atoms with E-state index in [1.807, 2.05) is 0 Å². The third-order valence-corrected chi connectivity index (χ3v) is 5.85. The Morgan fingerprint density at radius 3 is 2.48 bits per heavy atom. The van der Waals surface area contributed by atoms with Gasteiger partial charge in [0.15, 0.2) is 5.78 Å². The number of aromatic nitrogens is 2. The van der Waals surface area contributed by atoms with Crippen molar-refractivity contribution in [2.24, 2.45) is 0 Å². The number of rotatable bonds is 8. The first-order valence-corrected chi connectivity index (χ1v) is 11.1. The molecule has 2 aromatic rings. The molecule has 1 aliphatic rings. The fourth-order valence-corrected chi connectivity index (χ4v) is 3.94. The third-order valence-electron chi connectivity index (χ3n) is 5.11. The molecule has 1 aromatic carbocycles. The molecule has 0 radical (unpaired) electrons. The molecular formula is C21H25Cl2F3N6O. The van der Waals surface area contributed by atoms with Crippen LogP contribution in [0.25, 0.3) is 0 Å². The summed E-state index contributed by atoms with van der Waals surface area (Å²) in [5.74, 6) is -0.571. The van der Waals surface area contributed by atoms with Crippen LogP contribution in [0.5, 0.6) is 0 Å². The molecule has 12 heteroatoms. The topological polar surface area (TPSA) is 73.4 Å². The summed E-state index contributed by atoms with van der Waals surface area (Å²) in [6.07, 6.45) is -2.77. The SMILES string of the molecule is CN(C)CC(=O)CN(c1nc(Nc2ccc(Cl)c(Cl)c2)ncc1C(F)(F)F)C1CCNCC1. The van der Waals surface area contributed by atoms with Gasteiger partial charge in [-0.05, 0) is 58.2 Å². The highest BCUT2D eigenvalue weighted by Crippen LogP contribution is 2.37. The molecular weight excluding hydrogens is 480 g/mol. The summed E-state index contributed by atoms with van der Waals surface area (Å²) < 4.78 is 41.7. The Balaban J connectivity index is 2.01. The highest BCUT2D eigenvalue weighted by atomic mass is 35.5. The van der Waals surface area contributed by atoms with Gasteiger partial charge in [0.1, 0.15) is 11.4 Å². The Kier molecular flexibility index (Phi) is 8.38. The molecule has 0 bridgehead atoms. The first kappa shape index (κ1) is 25.5. The average molecular weight is 505 g/mol. The molecule has 0 aliphatic carbocycles. The van der Waals surface area contributed by atoms with Crippen molar-refractivity contribution in [3.05, 3.63) is 40.0 Å². The number of nitrogens with one attached hydrogen (secondary N) is 2. The smallest absolute Gasteiger partial charge is 0.345 e. The summed E-state index contributed by atoms with van der Waals surface area (Å²) in [5.41, 5.74) is -0.523. The lowest BCUT2D eigenvalue weighted by Crippen LogP contribution is -2.47. The van der Waals surface area contributed by atoms with Gasteiger partial charge in [-0.1, -0.05) is 23.2 Å². The van der Waals surface area contributed by atoms with Gasteiger partial charge in [0, 0.05) is 17.9 Å². The number of benzene rings is 1. The first-order valence-electron chi connectivity index (χ1n) is 10.3. The van der Waals surface area contributed by atoms with E-state index in [0.717, 1.165) is 6.20 Å². The summed E-state index contributed by atoms with van der Waals surface area (Å²) in [6, 6.07) is 4.42. The van der Waals surface area contributed by atoms with E-state index in [9.17, 15) is 18.0 Å². The predicted octanol–water partition coefficient (Wildman–Crippen LogP) is 4.23. The number of carbonyl (C=O) groups is 1. The number of hydrogen-bond acceptors (Lipinski definition) is 7. The van der Waals surface area contributed by atoms with Gasteiger partial charge in [-0.3, -0.25) is 4.79 Å². The standard InChI is InChI=1S/C21H25Cl2F3N6O/c1-31(2)11-15(33)12-32(14-5-7-27-8-6-14)19-16(21(24,25)26)10-28-20(30-19)29-13-3-4-17(22)18(23)9-13/h3-4,9-10,14,27H,5-8,11-12H2,1-2H3,(H,28,29,30). The van der Waals surface area contributed by atoms with E-state index < -0.39 is 11.7 Å². The largest absolute Gasteiger partial charge is 0.421 e. The number of carbonyl (C=O) groups excluding carboxylic acids is 1. The molecule has 3 rings (SSSR count). The lowest BCUT2D eigenvalue weighted by atomic mass is 10.0. The van der Waals surface area contributed by atoms with Crippen LogP contribution in [0.2, 0.25) is 10.0 Å². The second-order valence-corrected chi connectivity index (χ2v) is 8.88. The van der Waals surface area contributed by atoms with Crippen molar-refractivity contribution >= 4 is 46.4 Å². The van der Waals surface area contributed by atoms with E-state index >= 15 is 0 Å². The van der Waals surface area contributed by atoms with E-state index in [1.54, 1.807) is 31.1 Å². The summed E-state index contributed by atoms with van der Waals surface area (Å²) in [4.78, 5) is 23.8. The van der Waals surface area contributed by atoms with Crippen molar-refractivity contribution in [3.63, 3.8) is 0 Å². The van der Waals surface area contributed by atoms with Gasteiger partial charge < -0.3 is 20.4 Å². The van der Waals surface area contributed by atoms with E-state index in [0.29, 0.717) is 36.6 Å². The van der Waals surface area contributed by atoms with E-state index in [4.69, 9.17) is 23.2 Å². The first-order chi connectivity index (χ1) is 15.5. The lowest BCUT2D eigenvalue weighted by molar-refractivity contribution is -0.137. The quantitative estimate of drug-likeness (QED) is 0.556. The van der Waals surface area contributed by atoms with Gasteiger partial charge in [0.25, 0.3) is 0 Å². The molecule has 2 N–H and O–H groups in total. The second kappa shape index (κ2) is 10.9. The maximum Gasteiger partial charge on any atom is 0.421 e. The minimum Gasteiger partial charge on any atom is -0.345 e. The number of nitrogens with zero attached hydrogens (tertiary/aromatic N) is 4. The van der Waals surface area contributed by atoms with Crippen molar-refractivity contribution in [2.75, 3.05) is 50.5 Å². The van der Waals surface area contributed by atoms with Crippen LogP contribution >= 0.6 is 23.2 Å². The van der Waals surface area contributed by atoms with Crippen molar-refractivity contribution in [1.29, 1.82) is 0 Å². The Morgan fingerprint density at radius 2 is 1.88 bits per heavy atom. The molecule has 1 fully saturated rings. The van der Waals surface area contributed by atoms with Crippen molar-refractivity contribution < 1.29 is 18.0 Å². The molecule has 2 heterocycles. The summed E-state index contributed by atoms with van der Waals surface area (Å²) in [7, 11) is 3.47. The Bertz CT molecular complexity index is 983. The molecule has 33 heavy (non-hydrogen) atoms. The van der Waals surface area contributed by atoms with Crippen LogP contribution in [0, 0.1) is 0 Å². The number of alkyl halides is 3. The minimum atomic E-state index is -4.69. The molecule has 180 valence electrons. The van der Waals surface area contributed by atoms with Crippen LogP contribution < -0.4 is 15.5 Å². The molecule has 0 spiro atoms. The molecule has 0 unspecified atom stereocenters. The number of Topliss-reactive ketones (excluding diaryl/α,β-unsaturated/α-hetero) is 1. The lowest BCUT2D eigenvalue weighted by Gasteiger charge is -2.36. The van der Waals surface area contributed by atoms with Crippen molar-refractivity contribution in [2.45, 2.75) is 25.1 Å². The molecule has 0 amide bonds. The zero-order chi connectivity index (χ0) is 24.2. The number of piperidine rings is 1. The zero-order valence-electron chi connectivity index (χ0n) is 18.2. The van der Waals surface area contributed by atoms with Crippen LogP contribution in [0.4, 0.5) is 30.6 Å². The van der Waals surface area contributed by atoms with Crippen LogP contribution in [-0.4, -0.2) is 67.0 Å². The van der Waals surface area contributed by atoms with Crippen molar-refractivity contribution in [3.8, 4) is 0 Å². The van der Waals surface area contributed by atoms with Gasteiger partial charge >= 0.3 is 6.18 Å². The number of anilines is 3. The molecule has 1 saturated heterocycles. The molecule has 7 nitrogen and oxygen atoms in total. The summed E-state index contributed by atoms with van der Waals surface area (Å²) >= 11 is 12.0. The number of halogens is 5. The van der Waals surface area contributed by atoms with Crippen LogP contribution in [-0.2, 0) is 11.0 Å². The number of ketones is 1. The van der Waals surface area contributed by atoms with Crippen LogP contribution in [0.1, 0.15) is 18.4 Å². The van der Waals surface area contributed by atoms with Gasteiger partial charge in [0.05, 0.1) is 23.1 Å². The van der Waals surface area contributed by atoms with Gasteiger partial charge in [-0.2, -0.15) is 18.2 Å². The Hall–Kier alpha value is -2.14. The maximum absolute atomic E-state index is 13.9. The van der Waals surface area contributed by atoms with E-state index in [2.05, 4.69) is 20.6 Å². The fraction of sp³-hybridized carbons (Fsp3) is 0.476. The summed E-state index contributed by atoms with van der Waals surface area (Å²) in [6.45, 7) is 1.21. The van der Waals surface area contributed by atoms with E-state index in [1.165, 1.54) is 11.0 Å². The van der Waals surface area contributed by atoms with Crippen molar-refractivity contribution in [1.82, 2.24) is 20.2 Å². The third kappa shape index (κ3) is 6.92. The van der Waals surface area contributed by atoms with Gasteiger partial charge in [0.2, 0.25) is 5.95 Å². The highest BCUT2D eigenvalue weighted by Gasteiger charge is 2.39. The van der Waals surface area contributed by atoms with E-state index in [-0.39, 0.29) is 41.7 Å². The van der Waals surface area contributed by atoms with Crippen LogP contribution in [0.3, 0.4) is 0 Å². The molecule has 1 aliphatic heterocycles. The van der Waals surface area contributed by atoms with Gasteiger partial charge in [-0.25, -0.2) is 4.98 Å². The number of likely N-dealkylation sites (N-methyl/N-ethyl adjacent to an activating group) is 1. The Morgan fingerprint density at radius 1 is 1.18 bits per heavy atom. The molecule has 0 saturated carbocycles. The summed E-state index contributed by atoms with van der Waals surface area (Å²) in [5, 5.41) is 6.68. The zero-order valence-corrected chi connectivity index (χ0v) is 19.7. The second-order valence-electron chi connectivity index (χ2n) is 8.07. The molecule has 1 aromatic heterocycles. The normalized spacial score (nSPS) is 15.0. The predicted molar refractivity (Wildman–Crippen MR) is 124 cm³/mol. The average Bonchev–Trinajstić information content (AvgIpc) is 2.74. The minimum absolute atomic E-state index is 0.0459.